The third-order valence-electron chi connectivity index (χ3n) is 5.29. The molecule has 8 nitrogen and oxygen atoms in total. The Bertz CT molecular complexity index is 1530. The molecule has 0 bridgehead atoms. The summed E-state index contributed by atoms with van der Waals surface area (Å²) < 4.78 is 0. The van der Waals surface area contributed by atoms with Gasteiger partial charge in [-0.1, -0.05) is 13.8 Å². The zero-order valence-corrected chi connectivity index (χ0v) is 20.4. The van der Waals surface area contributed by atoms with Gasteiger partial charge in [-0.15, -0.1) is 0 Å². The van der Waals surface area contributed by atoms with Crippen LogP contribution in [0.2, 0.25) is 0 Å². The van der Waals surface area contributed by atoms with Crippen LogP contribution < -0.4 is 16.0 Å². The van der Waals surface area contributed by atoms with E-state index in [0.717, 1.165) is 28.0 Å². The summed E-state index contributed by atoms with van der Waals surface area (Å²) in [6, 6.07) is 25.7. The minimum absolute atomic E-state index is 0.207. The number of carbonyl (C=O) groups is 1. The average Bonchev–Trinajstić information content (AvgIpc) is 2.96. The molecule has 2 heterocycles. The van der Waals surface area contributed by atoms with Gasteiger partial charge in [0, 0.05) is 46.1 Å². The van der Waals surface area contributed by atoms with Crippen LogP contribution in [0.1, 0.15) is 29.8 Å². The smallest absolute Gasteiger partial charge is 0.255 e. The molecule has 0 spiro atoms. The van der Waals surface area contributed by atoms with Crippen molar-refractivity contribution in [2.45, 2.75) is 13.8 Å². The highest BCUT2D eigenvalue weighted by Crippen LogP contribution is 2.26. The molecule has 37 heavy (non-hydrogen) atoms. The van der Waals surface area contributed by atoms with Gasteiger partial charge in [-0.2, -0.15) is 5.26 Å². The van der Waals surface area contributed by atoms with Gasteiger partial charge in [-0.3, -0.25) is 9.78 Å². The molecule has 0 radical (unpaired) electrons. The molecule has 3 aromatic carbocycles. The quantitative estimate of drug-likeness (QED) is 0.245. The summed E-state index contributed by atoms with van der Waals surface area (Å²) >= 11 is 0. The van der Waals surface area contributed by atoms with Crippen molar-refractivity contribution in [3.05, 3.63) is 109 Å². The first-order valence-electron chi connectivity index (χ1n) is 11.8. The summed E-state index contributed by atoms with van der Waals surface area (Å²) in [6.07, 6.45) is 4.85. The molecule has 5 rings (SSSR count). The summed E-state index contributed by atoms with van der Waals surface area (Å²) in [4.78, 5) is 25.1. The molecule has 0 aliphatic rings. The lowest BCUT2D eigenvalue weighted by Crippen LogP contribution is -2.11. The van der Waals surface area contributed by atoms with E-state index in [1.165, 1.54) is 6.33 Å². The molecule has 0 saturated carbocycles. The Morgan fingerprint density at radius 2 is 1.49 bits per heavy atom. The van der Waals surface area contributed by atoms with E-state index in [0.29, 0.717) is 22.6 Å². The summed E-state index contributed by atoms with van der Waals surface area (Å²) in [6.45, 7) is 4.00. The fourth-order valence-electron chi connectivity index (χ4n) is 3.54. The van der Waals surface area contributed by atoms with Crippen molar-refractivity contribution in [2.75, 3.05) is 16.0 Å². The van der Waals surface area contributed by atoms with E-state index < -0.39 is 0 Å². The first-order valence-corrected chi connectivity index (χ1v) is 11.8. The Kier molecular flexibility index (Phi) is 7.99. The van der Waals surface area contributed by atoms with E-state index in [9.17, 15) is 10.1 Å². The Labute approximate surface area is 215 Å². The predicted octanol–water partition coefficient (Wildman–Crippen LogP) is 6.66. The third kappa shape index (κ3) is 6.24. The molecule has 5 aromatic rings. The zero-order chi connectivity index (χ0) is 26.0. The Morgan fingerprint density at radius 3 is 2.19 bits per heavy atom. The van der Waals surface area contributed by atoms with E-state index >= 15 is 0 Å². The second-order valence-electron chi connectivity index (χ2n) is 7.66. The van der Waals surface area contributed by atoms with Crippen molar-refractivity contribution in [2.24, 2.45) is 0 Å². The van der Waals surface area contributed by atoms with Crippen molar-refractivity contribution in [3.8, 4) is 6.07 Å². The maximum absolute atomic E-state index is 12.7. The van der Waals surface area contributed by atoms with Gasteiger partial charge in [0.1, 0.15) is 12.1 Å². The van der Waals surface area contributed by atoms with Gasteiger partial charge in [0.2, 0.25) is 0 Å². The minimum Gasteiger partial charge on any atom is -0.355 e. The van der Waals surface area contributed by atoms with Crippen LogP contribution in [-0.4, -0.2) is 20.9 Å². The first-order chi connectivity index (χ1) is 18.2. The van der Waals surface area contributed by atoms with Gasteiger partial charge < -0.3 is 16.0 Å². The van der Waals surface area contributed by atoms with Gasteiger partial charge >= 0.3 is 0 Å². The van der Waals surface area contributed by atoms with Crippen molar-refractivity contribution in [1.82, 2.24) is 15.0 Å². The largest absolute Gasteiger partial charge is 0.355 e. The van der Waals surface area contributed by atoms with Gasteiger partial charge in [0.25, 0.3) is 5.91 Å². The predicted molar refractivity (Wildman–Crippen MR) is 147 cm³/mol. The van der Waals surface area contributed by atoms with Crippen molar-refractivity contribution < 1.29 is 4.79 Å². The second kappa shape index (κ2) is 11.9. The molecule has 0 aliphatic heterocycles. The molecule has 0 aliphatic carbocycles. The molecule has 0 saturated heterocycles. The number of fused-ring (bicyclic) bond motifs is 1. The fourth-order valence-corrected chi connectivity index (χ4v) is 3.54. The molecule has 182 valence electrons. The van der Waals surface area contributed by atoms with Crippen LogP contribution in [-0.2, 0) is 0 Å². The normalized spacial score (nSPS) is 9.97. The van der Waals surface area contributed by atoms with Crippen LogP contribution in [0.15, 0.2) is 97.6 Å². The van der Waals surface area contributed by atoms with Gasteiger partial charge in [-0.25, -0.2) is 9.97 Å². The van der Waals surface area contributed by atoms with Gasteiger partial charge in [0.05, 0.1) is 17.1 Å². The molecule has 8 heteroatoms. The molecular formula is C29H25N7O. The minimum atomic E-state index is -0.207. The van der Waals surface area contributed by atoms with Crippen molar-refractivity contribution in [3.63, 3.8) is 0 Å². The zero-order valence-electron chi connectivity index (χ0n) is 20.4. The summed E-state index contributed by atoms with van der Waals surface area (Å²) in [5.41, 5.74) is 5.08. The molecular weight excluding hydrogens is 462 g/mol. The molecule has 3 N–H and O–H groups in total. The van der Waals surface area contributed by atoms with E-state index in [1.54, 1.807) is 42.7 Å². The van der Waals surface area contributed by atoms with Gasteiger partial charge in [-0.05, 0) is 78.9 Å². The second-order valence-corrected chi connectivity index (χ2v) is 7.66. The monoisotopic (exact) mass is 487 g/mol. The number of aromatic nitrogens is 3. The number of carbonyl (C=O) groups excluding carboxylic acids is 1. The number of hydrogen-bond acceptors (Lipinski definition) is 7. The van der Waals surface area contributed by atoms with E-state index in [1.807, 2.05) is 62.4 Å². The lowest BCUT2D eigenvalue weighted by Gasteiger charge is -2.11. The van der Waals surface area contributed by atoms with Crippen LogP contribution in [0, 0.1) is 11.3 Å². The van der Waals surface area contributed by atoms with Crippen LogP contribution >= 0.6 is 0 Å². The highest BCUT2D eigenvalue weighted by molar-refractivity contribution is 6.04. The standard InChI is InChI=1S/C27H19N7O.C2H6/c28-16-18-1-10-24-23(15-18)25(11-14-30-24)32-20-4-2-19(3-5-20)27(35)34-22-8-6-21(7-9-22)33-26-12-13-29-17-31-26;1-2/h1-15,17H,(H,30,32)(H,34,35)(H,29,31,33);1-2H3. The molecule has 2 aromatic heterocycles. The average molecular weight is 488 g/mol. The maximum Gasteiger partial charge on any atom is 0.255 e. The van der Waals surface area contributed by atoms with Crippen LogP contribution in [0.25, 0.3) is 10.9 Å². The van der Waals surface area contributed by atoms with E-state index in [2.05, 4.69) is 37.0 Å². The Hall–Kier alpha value is -5.29. The number of anilines is 5. The van der Waals surface area contributed by atoms with Crippen LogP contribution in [0.3, 0.4) is 0 Å². The molecule has 0 atom stereocenters. The van der Waals surface area contributed by atoms with E-state index in [-0.39, 0.29) is 5.91 Å². The Morgan fingerprint density at radius 1 is 0.784 bits per heavy atom. The highest BCUT2D eigenvalue weighted by Gasteiger charge is 2.08. The number of hydrogen-bond donors (Lipinski definition) is 3. The van der Waals surface area contributed by atoms with Crippen molar-refractivity contribution >= 4 is 45.4 Å². The summed E-state index contributed by atoms with van der Waals surface area (Å²) in [5.74, 6) is 0.483. The van der Waals surface area contributed by atoms with E-state index in [4.69, 9.17) is 0 Å². The topological polar surface area (TPSA) is 116 Å². The lowest BCUT2D eigenvalue weighted by atomic mass is 10.1. The first kappa shape index (κ1) is 24.8. The molecule has 0 unspecified atom stereocenters. The number of nitrogens with zero attached hydrogens (tertiary/aromatic N) is 4. The number of benzene rings is 3. The highest BCUT2D eigenvalue weighted by atomic mass is 16.1. The number of nitriles is 1. The number of pyridine rings is 1. The number of nitrogens with one attached hydrogen (secondary N) is 3. The number of amides is 1. The van der Waals surface area contributed by atoms with Crippen LogP contribution in [0.5, 0.6) is 0 Å². The maximum atomic E-state index is 12.7. The SMILES string of the molecule is CC.N#Cc1ccc2nccc(Nc3ccc(C(=O)Nc4ccc(Nc5ccncn5)cc4)cc3)c2c1. The molecule has 1 amide bonds. The van der Waals surface area contributed by atoms with Gasteiger partial charge in [0.15, 0.2) is 0 Å². The summed E-state index contributed by atoms with van der Waals surface area (Å²) in [5, 5.41) is 19.5. The third-order valence-corrected chi connectivity index (χ3v) is 5.29. The van der Waals surface area contributed by atoms with Crippen molar-refractivity contribution in [1.29, 1.82) is 5.26 Å². The Balaban J connectivity index is 0.00000156. The lowest BCUT2D eigenvalue weighted by molar-refractivity contribution is 0.102. The summed E-state index contributed by atoms with van der Waals surface area (Å²) in [7, 11) is 0. The molecule has 0 fully saturated rings. The van der Waals surface area contributed by atoms with Crippen LogP contribution in [0.4, 0.5) is 28.6 Å². The fraction of sp³-hybridized carbons (Fsp3) is 0.0690. The number of rotatable bonds is 6.